The molecule has 2 heteroatoms. The van der Waals surface area contributed by atoms with E-state index in [-0.39, 0.29) is 5.97 Å². The molecule has 2 aromatic carbocycles. The Hall–Kier alpha value is -2.09. The van der Waals surface area contributed by atoms with E-state index in [1.807, 2.05) is 24.3 Å². The maximum atomic E-state index is 12.1. The van der Waals surface area contributed by atoms with Gasteiger partial charge in [0.25, 0.3) is 0 Å². The van der Waals surface area contributed by atoms with Gasteiger partial charge in [0.2, 0.25) is 0 Å². The second-order valence-corrected chi connectivity index (χ2v) is 7.10. The zero-order chi connectivity index (χ0) is 18.2. The lowest BCUT2D eigenvalue weighted by atomic mass is 9.96. The monoisotopic (exact) mass is 338 g/mol. The van der Waals surface area contributed by atoms with Gasteiger partial charge in [-0.05, 0) is 47.1 Å². The summed E-state index contributed by atoms with van der Waals surface area (Å²) in [6, 6.07) is 16.4. The molecule has 0 aromatic heterocycles. The van der Waals surface area contributed by atoms with Gasteiger partial charge in [-0.3, -0.25) is 0 Å². The van der Waals surface area contributed by atoms with E-state index in [2.05, 4.69) is 52.0 Å². The maximum Gasteiger partial charge on any atom is 0.338 e. The van der Waals surface area contributed by atoms with Gasteiger partial charge in [-0.25, -0.2) is 4.79 Å². The van der Waals surface area contributed by atoms with Crippen molar-refractivity contribution in [3.63, 3.8) is 0 Å². The Morgan fingerprint density at radius 1 is 0.840 bits per heavy atom. The summed E-state index contributed by atoms with van der Waals surface area (Å²) in [4.78, 5) is 12.1. The molecule has 0 heterocycles. The highest BCUT2D eigenvalue weighted by atomic mass is 16.5. The zero-order valence-corrected chi connectivity index (χ0v) is 15.9. The average molecular weight is 338 g/mol. The lowest BCUT2D eigenvalue weighted by molar-refractivity contribution is 0.0447. The lowest BCUT2D eigenvalue weighted by Gasteiger charge is -2.11. The summed E-state index contributed by atoms with van der Waals surface area (Å²) < 4.78 is 5.35. The first kappa shape index (κ1) is 19.2. The smallest absolute Gasteiger partial charge is 0.338 e. The molecule has 0 amide bonds. The fourth-order valence-electron chi connectivity index (χ4n) is 2.60. The van der Waals surface area contributed by atoms with Crippen LogP contribution in [0.2, 0.25) is 0 Å². The fraction of sp³-hybridized carbons (Fsp3) is 0.435. The molecule has 0 aliphatic rings. The van der Waals surface area contributed by atoms with E-state index in [4.69, 9.17) is 4.74 Å². The Labute approximate surface area is 152 Å². The maximum absolute atomic E-state index is 12.1. The summed E-state index contributed by atoms with van der Waals surface area (Å²) in [6.45, 7) is 9.18. The number of esters is 1. The molecule has 0 fully saturated rings. The standard InChI is InChI=1S/C23H30O2/c1-5-17(3)15-19-7-9-20(10-8-19)21-11-13-22(14-12-21)23(24)25-16-18(4)6-2/h7-14,17-18H,5-6,15-16H2,1-4H3. The van der Waals surface area contributed by atoms with Crippen LogP contribution >= 0.6 is 0 Å². The van der Waals surface area contributed by atoms with E-state index in [1.165, 1.54) is 17.5 Å². The van der Waals surface area contributed by atoms with Crippen molar-refractivity contribution in [2.24, 2.45) is 11.8 Å². The fourth-order valence-corrected chi connectivity index (χ4v) is 2.60. The Kier molecular flexibility index (Phi) is 7.24. The number of carbonyl (C=O) groups excluding carboxylic acids is 1. The van der Waals surface area contributed by atoms with Gasteiger partial charge in [0.05, 0.1) is 12.2 Å². The molecular weight excluding hydrogens is 308 g/mol. The van der Waals surface area contributed by atoms with E-state index in [0.29, 0.717) is 24.0 Å². The minimum atomic E-state index is -0.240. The molecule has 0 N–H and O–H groups in total. The van der Waals surface area contributed by atoms with E-state index >= 15 is 0 Å². The summed E-state index contributed by atoms with van der Waals surface area (Å²) in [7, 11) is 0. The quantitative estimate of drug-likeness (QED) is 0.540. The molecule has 0 radical (unpaired) electrons. The highest BCUT2D eigenvalue weighted by molar-refractivity contribution is 5.90. The van der Waals surface area contributed by atoms with Crippen LogP contribution in [-0.4, -0.2) is 12.6 Å². The predicted octanol–water partition coefficient (Wildman–Crippen LogP) is 6.15. The topological polar surface area (TPSA) is 26.3 Å². The van der Waals surface area contributed by atoms with Crippen LogP contribution in [0.5, 0.6) is 0 Å². The molecular formula is C23H30O2. The van der Waals surface area contributed by atoms with Crippen LogP contribution in [0.1, 0.15) is 56.5 Å². The Balaban J connectivity index is 2.00. The molecule has 2 atom stereocenters. The van der Waals surface area contributed by atoms with Crippen molar-refractivity contribution < 1.29 is 9.53 Å². The number of ether oxygens (including phenoxy) is 1. The molecule has 0 aliphatic heterocycles. The van der Waals surface area contributed by atoms with Crippen LogP contribution in [0.25, 0.3) is 11.1 Å². The summed E-state index contributed by atoms with van der Waals surface area (Å²) >= 11 is 0. The first-order valence-corrected chi connectivity index (χ1v) is 9.40. The van der Waals surface area contributed by atoms with E-state index in [1.54, 1.807) is 0 Å². The summed E-state index contributed by atoms with van der Waals surface area (Å²) in [5, 5.41) is 0. The number of carbonyl (C=O) groups is 1. The van der Waals surface area contributed by atoms with Crippen molar-refractivity contribution in [1.29, 1.82) is 0 Å². The summed E-state index contributed by atoms with van der Waals surface area (Å²) in [5.74, 6) is 0.875. The van der Waals surface area contributed by atoms with Crippen LogP contribution in [0.15, 0.2) is 48.5 Å². The number of benzene rings is 2. The Morgan fingerprint density at radius 2 is 1.36 bits per heavy atom. The third-order valence-electron chi connectivity index (χ3n) is 4.88. The van der Waals surface area contributed by atoms with Crippen LogP contribution < -0.4 is 0 Å². The third kappa shape index (κ3) is 5.74. The molecule has 0 saturated carbocycles. The van der Waals surface area contributed by atoms with Gasteiger partial charge in [0.1, 0.15) is 0 Å². The van der Waals surface area contributed by atoms with Crippen LogP contribution in [0.4, 0.5) is 0 Å². The molecule has 134 valence electrons. The second-order valence-electron chi connectivity index (χ2n) is 7.10. The zero-order valence-electron chi connectivity index (χ0n) is 15.9. The van der Waals surface area contributed by atoms with Gasteiger partial charge in [0.15, 0.2) is 0 Å². The Bertz CT molecular complexity index is 655. The van der Waals surface area contributed by atoms with Gasteiger partial charge in [0, 0.05) is 0 Å². The minimum Gasteiger partial charge on any atom is -0.462 e. The lowest BCUT2D eigenvalue weighted by Crippen LogP contribution is -2.11. The van der Waals surface area contributed by atoms with E-state index < -0.39 is 0 Å². The van der Waals surface area contributed by atoms with Crippen LogP contribution in [0, 0.1) is 11.8 Å². The average Bonchev–Trinajstić information content (AvgIpc) is 2.66. The van der Waals surface area contributed by atoms with Gasteiger partial charge in [-0.1, -0.05) is 76.9 Å². The van der Waals surface area contributed by atoms with Crippen molar-refractivity contribution in [3.8, 4) is 11.1 Å². The molecule has 2 nitrogen and oxygen atoms in total. The van der Waals surface area contributed by atoms with Crippen molar-refractivity contribution in [2.45, 2.75) is 47.0 Å². The van der Waals surface area contributed by atoms with Crippen LogP contribution in [-0.2, 0) is 11.2 Å². The molecule has 2 rings (SSSR count). The van der Waals surface area contributed by atoms with Gasteiger partial charge < -0.3 is 4.74 Å². The third-order valence-corrected chi connectivity index (χ3v) is 4.88. The predicted molar refractivity (Wildman–Crippen MR) is 105 cm³/mol. The van der Waals surface area contributed by atoms with Crippen molar-refractivity contribution >= 4 is 5.97 Å². The first-order valence-electron chi connectivity index (χ1n) is 9.40. The van der Waals surface area contributed by atoms with E-state index in [0.717, 1.165) is 18.4 Å². The molecule has 2 aromatic rings. The normalized spacial score (nSPS) is 13.3. The van der Waals surface area contributed by atoms with Gasteiger partial charge >= 0.3 is 5.97 Å². The highest BCUT2D eigenvalue weighted by Crippen LogP contribution is 2.22. The highest BCUT2D eigenvalue weighted by Gasteiger charge is 2.09. The molecule has 0 saturated heterocycles. The molecule has 0 spiro atoms. The van der Waals surface area contributed by atoms with Gasteiger partial charge in [-0.15, -0.1) is 0 Å². The van der Waals surface area contributed by atoms with Crippen LogP contribution in [0.3, 0.4) is 0 Å². The largest absolute Gasteiger partial charge is 0.462 e. The number of hydrogen-bond acceptors (Lipinski definition) is 2. The van der Waals surface area contributed by atoms with Gasteiger partial charge in [-0.2, -0.15) is 0 Å². The number of hydrogen-bond donors (Lipinski definition) is 0. The van der Waals surface area contributed by atoms with Crippen molar-refractivity contribution in [3.05, 3.63) is 59.7 Å². The Morgan fingerprint density at radius 3 is 1.88 bits per heavy atom. The summed E-state index contributed by atoms with van der Waals surface area (Å²) in [5.41, 5.74) is 4.28. The van der Waals surface area contributed by atoms with E-state index in [9.17, 15) is 4.79 Å². The molecule has 0 bridgehead atoms. The second kappa shape index (κ2) is 9.41. The first-order chi connectivity index (χ1) is 12.0. The molecule has 0 aliphatic carbocycles. The summed E-state index contributed by atoms with van der Waals surface area (Å²) in [6.07, 6.45) is 3.34. The van der Waals surface area contributed by atoms with Crippen molar-refractivity contribution in [1.82, 2.24) is 0 Å². The van der Waals surface area contributed by atoms with Crippen molar-refractivity contribution in [2.75, 3.05) is 6.61 Å². The minimum absolute atomic E-state index is 0.240. The molecule has 25 heavy (non-hydrogen) atoms. The number of rotatable bonds is 8. The molecule has 2 unspecified atom stereocenters. The SMILES string of the molecule is CCC(C)COC(=O)c1ccc(-c2ccc(CC(C)CC)cc2)cc1.